The number of ether oxygens (including phenoxy) is 2. The molecule has 0 radical (unpaired) electrons. The number of nitrogens with zero attached hydrogens (tertiary/aromatic N) is 2. The molecule has 0 aliphatic carbocycles. The summed E-state index contributed by atoms with van der Waals surface area (Å²) in [5, 5.41) is 0.509. The smallest absolute Gasteiger partial charge is 0.241 e. The second-order valence-corrected chi connectivity index (χ2v) is 10.4. The molecule has 4 rings (SSSR count). The van der Waals surface area contributed by atoms with Gasteiger partial charge in [-0.2, -0.15) is 0 Å². The number of halogens is 1. The van der Waals surface area contributed by atoms with Crippen LogP contribution in [0.15, 0.2) is 42.5 Å². The summed E-state index contributed by atoms with van der Waals surface area (Å²) in [5.74, 6) is 1.32. The van der Waals surface area contributed by atoms with Gasteiger partial charge in [0.25, 0.3) is 0 Å². The number of carbonyl (C=O) groups is 1. The van der Waals surface area contributed by atoms with E-state index in [9.17, 15) is 13.2 Å². The first kappa shape index (κ1) is 21.9. The minimum absolute atomic E-state index is 0.0389. The van der Waals surface area contributed by atoms with Crippen LogP contribution >= 0.6 is 11.6 Å². The molecule has 166 valence electrons. The van der Waals surface area contributed by atoms with Crippen molar-refractivity contribution in [2.24, 2.45) is 0 Å². The van der Waals surface area contributed by atoms with E-state index < -0.39 is 15.9 Å². The first-order valence-corrected chi connectivity index (χ1v) is 12.2. The number of methoxy groups -OCH3 is 2. The molecule has 0 unspecified atom stereocenters. The molecule has 9 heteroatoms. The number of piperazine rings is 1. The van der Waals surface area contributed by atoms with Crippen molar-refractivity contribution in [2.75, 3.05) is 43.7 Å². The van der Waals surface area contributed by atoms with Crippen molar-refractivity contribution in [3.63, 3.8) is 0 Å². The van der Waals surface area contributed by atoms with Crippen molar-refractivity contribution in [2.45, 2.75) is 18.5 Å². The largest absolute Gasteiger partial charge is 0.497 e. The fraction of sp³-hybridized carbons (Fsp3) is 0.409. The van der Waals surface area contributed by atoms with Gasteiger partial charge in [0.05, 0.1) is 38.3 Å². The van der Waals surface area contributed by atoms with Gasteiger partial charge in [0, 0.05) is 23.3 Å². The van der Waals surface area contributed by atoms with Crippen molar-refractivity contribution in [1.29, 1.82) is 0 Å². The van der Waals surface area contributed by atoms with Crippen molar-refractivity contribution >= 4 is 33.0 Å². The predicted molar refractivity (Wildman–Crippen MR) is 120 cm³/mol. The maximum atomic E-state index is 13.1. The molecule has 2 aliphatic rings. The molecule has 2 aromatic carbocycles. The van der Waals surface area contributed by atoms with Gasteiger partial charge in [-0.1, -0.05) is 17.7 Å². The van der Waals surface area contributed by atoms with E-state index in [4.69, 9.17) is 21.1 Å². The van der Waals surface area contributed by atoms with Gasteiger partial charge in [-0.3, -0.25) is 9.69 Å². The summed E-state index contributed by atoms with van der Waals surface area (Å²) in [7, 11) is -0.0421. The van der Waals surface area contributed by atoms with Crippen LogP contribution in [0.25, 0.3) is 0 Å². The van der Waals surface area contributed by atoms with Crippen LogP contribution in [0.5, 0.6) is 11.5 Å². The number of carbonyl (C=O) groups excluding carboxylic acids is 1. The molecular weight excluding hydrogens is 440 g/mol. The molecule has 0 aromatic heterocycles. The van der Waals surface area contributed by atoms with Crippen LogP contribution in [0.1, 0.15) is 5.56 Å². The van der Waals surface area contributed by atoms with Crippen LogP contribution in [-0.4, -0.2) is 70.1 Å². The lowest BCUT2D eigenvalue weighted by atomic mass is 10.0. The molecule has 31 heavy (non-hydrogen) atoms. The quantitative estimate of drug-likeness (QED) is 0.653. The first-order chi connectivity index (χ1) is 14.8. The number of anilines is 1. The number of amides is 1. The van der Waals surface area contributed by atoms with E-state index in [0.29, 0.717) is 23.7 Å². The van der Waals surface area contributed by atoms with Gasteiger partial charge in [0.1, 0.15) is 11.5 Å². The predicted octanol–water partition coefficient (Wildman–Crippen LogP) is 2.41. The average molecular weight is 465 g/mol. The van der Waals surface area contributed by atoms with E-state index in [0.717, 1.165) is 17.1 Å². The molecule has 0 N–H and O–H groups in total. The Morgan fingerprint density at radius 1 is 1.06 bits per heavy atom. The summed E-state index contributed by atoms with van der Waals surface area (Å²) in [5.41, 5.74) is 1.59. The van der Waals surface area contributed by atoms with Crippen molar-refractivity contribution < 1.29 is 22.7 Å². The van der Waals surface area contributed by atoms with Crippen LogP contribution in [0, 0.1) is 0 Å². The molecule has 1 amide bonds. The molecule has 2 saturated heterocycles. The molecule has 2 heterocycles. The molecule has 2 fully saturated rings. The SMILES string of the molecule is COc1ccc(OC)c(CCN2CC(=O)N(c3cccc(Cl)c3)[C@H]3CS(=O)(=O)C[C@@H]32)c1. The van der Waals surface area contributed by atoms with Crippen LogP contribution in [0.4, 0.5) is 5.69 Å². The standard InChI is InChI=1S/C22H25ClN2O5S/c1-29-18-6-7-21(30-2)15(10-18)8-9-24-12-22(26)25(17-5-3-4-16(23)11-17)20-14-31(27,28)13-19(20)24/h3-7,10-11,19-20H,8-9,12-14H2,1-2H3/t19-,20-/m0/s1. The van der Waals surface area contributed by atoms with E-state index in [-0.39, 0.29) is 30.0 Å². The fourth-order valence-corrected chi connectivity index (χ4v) is 6.67. The van der Waals surface area contributed by atoms with Gasteiger partial charge >= 0.3 is 0 Å². The minimum Gasteiger partial charge on any atom is -0.497 e. The number of hydrogen-bond acceptors (Lipinski definition) is 6. The van der Waals surface area contributed by atoms with E-state index in [2.05, 4.69) is 0 Å². The van der Waals surface area contributed by atoms with Gasteiger partial charge in [0.2, 0.25) is 5.91 Å². The highest BCUT2D eigenvalue weighted by molar-refractivity contribution is 7.91. The van der Waals surface area contributed by atoms with Gasteiger partial charge in [-0.25, -0.2) is 8.42 Å². The molecule has 7 nitrogen and oxygen atoms in total. The van der Waals surface area contributed by atoms with E-state index >= 15 is 0 Å². The lowest BCUT2D eigenvalue weighted by Gasteiger charge is -2.43. The third-order valence-electron chi connectivity index (χ3n) is 5.94. The monoisotopic (exact) mass is 464 g/mol. The summed E-state index contributed by atoms with van der Waals surface area (Å²) in [6, 6.07) is 11.9. The summed E-state index contributed by atoms with van der Waals surface area (Å²) in [6.45, 7) is 0.685. The van der Waals surface area contributed by atoms with Crippen molar-refractivity contribution in [3.8, 4) is 11.5 Å². The second kappa shape index (κ2) is 8.68. The van der Waals surface area contributed by atoms with Crippen molar-refractivity contribution in [3.05, 3.63) is 53.1 Å². The molecular formula is C22H25ClN2O5S. The Morgan fingerprint density at radius 3 is 2.55 bits per heavy atom. The molecule has 0 spiro atoms. The Hall–Kier alpha value is -2.29. The van der Waals surface area contributed by atoms with Crippen LogP contribution in [-0.2, 0) is 21.1 Å². The highest BCUT2D eigenvalue weighted by Crippen LogP contribution is 2.33. The Morgan fingerprint density at radius 2 is 1.84 bits per heavy atom. The number of fused-ring (bicyclic) bond motifs is 1. The summed E-state index contributed by atoms with van der Waals surface area (Å²) >= 11 is 6.12. The van der Waals surface area contributed by atoms with Crippen molar-refractivity contribution in [1.82, 2.24) is 4.90 Å². The summed E-state index contributed by atoms with van der Waals surface area (Å²) in [6.07, 6.45) is 0.605. The fourth-order valence-electron chi connectivity index (χ4n) is 4.51. The number of rotatable bonds is 6. The normalized spacial score (nSPS) is 22.9. The zero-order valence-corrected chi connectivity index (χ0v) is 19.0. The van der Waals surface area contributed by atoms with Gasteiger partial charge in [0.15, 0.2) is 9.84 Å². The van der Waals surface area contributed by atoms with Gasteiger partial charge < -0.3 is 14.4 Å². The zero-order valence-electron chi connectivity index (χ0n) is 17.5. The van der Waals surface area contributed by atoms with Gasteiger partial charge in [-0.05, 0) is 48.4 Å². The zero-order chi connectivity index (χ0) is 22.2. The number of hydrogen-bond donors (Lipinski definition) is 0. The maximum Gasteiger partial charge on any atom is 0.241 e. The Bertz CT molecular complexity index is 1090. The third-order valence-corrected chi connectivity index (χ3v) is 7.88. The molecule has 2 aliphatic heterocycles. The minimum atomic E-state index is -3.26. The lowest BCUT2D eigenvalue weighted by Crippen LogP contribution is -2.62. The first-order valence-electron chi connectivity index (χ1n) is 10.0. The van der Waals surface area contributed by atoms with E-state index in [1.165, 1.54) is 0 Å². The van der Waals surface area contributed by atoms with Crippen LogP contribution in [0.2, 0.25) is 5.02 Å². The van der Waals surface area contributed by atoms with Crippen LogP contribution < -0.4 is 14.4 Å². The third kappa shape index (κ3) is 4.51. The highest BCUT2D eigenvalue weighted by Gasteiger charge is 2.49. The Labute approximate surface area is 187 Å². The number of benzene rings is 2. The van der Waals surface area contributed by atoms with Crippen LogP contribution in [0.3, 0.4) is 0 Å². The topological polar surface area (TPSA) is 76.2 Å². The summed E-state index contributed by atoms with van der Waals surface area (Å²) < 4.78 is 35.8. The Balaban J connectivity index is 1.59. The lowest BCUT2D eigenvalue weighted by molar-refractivity contribution is -0.123. The molecule has 0 bridgehead atoms. The van der Waals surface area contributed by atoms with E-state index in [1.54, 1.807) is 43.4 Å². The Kier molecular flexibility index (Phi) is 6.14. The van der Waals surface area contributed by atoms with Gasteiger partial charge in [-0.15, -0.1) is 0 Å². The number of sulfone groups is 1. The molecule has 2 aromatic rings. The highest BCUT2D eigenvalue weighted by atomic mass is 35.5. The second-order valence-electron chi connectivity index (χ2n) is 7.85. The average Bonchev–Trinajstić information content (AvgIpc) is 3.06. The van der Waals surface area contributed by atoms with E-state index in [1.807, 2.05) is 23.1 Å². The summed E-state index contributed by atoms with van der Waals surface area (Å²) in [4.78, 5) is 16.7. The molecule has 0 saturated carbocycles. The molecule has 2 atom stereocenters. The maximum absolute atomic E-state index is 13.1.